The third-order valence-electron chi connectivity index (χ3n) is 7.68. The van der Waals surface area contributed by atoms with Crippen LogP contribution in [0, 0.1) is 13.8 Å². The van der Waals surface area contributed by atoms with Gasteiger partial charge in [0.25, 0.3) is 11.6 Å². The number of fused-ring (bicyclic) bond motifs is 2. The van der Waals surface area contributed by atoms with E-state index < -0.39 is 23.5 Å². The first kappa shape index (κ1) is 27.7. The first-order valence-corrected chi connectivity index (χ1v) is 14.1. The number of benzene rings is 2. The Hall–Kier alpha value is -4.48. The van der Waals surface area contributed by atoms with Crippen molar-refractivity contribution in [1.82, 2.24) is 10.6 Å². The number of aliphatic imine (C=N–C) groups is 2. The van der Waals surface area contributed by atoms with Gasteiger partial charge in [0, 0.05) is 27.2 Å². The van der Waals surface area contributed by atoms with Gasteiger partial charge in [0.1, 0.15) is 23.2 Å². The van der Waals surface area contributed by atoms with Crippen LogP contribution in [0.4, 0.5) is 11.4 Å². The van der Waals surface area contributed by atoms with Crippen LogP contribution in [0.15, 0.2) is 46.4 Å². The summed E-state index contributed by atoms with van der Waals surface area (Å²) in [5.41, 5.74) is 3.86. The highest BCUT2D eigenvalue weighted by Gasteiger charge is 2.49. The number of nitrogens with zero attached hydrogens (tertiary/aromatic N) is 4. The van der Waals surface area contributed by atoms with Crippen LogP contribution >= 0.6 is 0 Å². The number of ether oxygens (including phenoxy) is 4. The van der Waals surface area contributed by atoms with Crippen molar-refractivity contribution in [2.24, 2.45) is 9.98 Å². The molecule has 0 radical (unpaired) electrons. The third-order valence-corrected chi connectivity index (χ3v) is 7.68. The number of carbonyl (C=O) groups is 2. The van der Waals surface area contributed by atoms with Crippen LogP contribution in [-0.4, -0.2) is 88.5 Å². The summed E-state index contributed by atoms with van der Waals surface area (Å²) in [5, 5.41) is 6.42. The fourth-order valence-corrected chi connectivity index (χ4v) is 5.81. The molecule has 2 N–H and O–H groups in total. The second kappa shape index (κ2) is 10.7. The summed E-state index contributed by atoms with van der Waals surface area (Å²) in [7, 11) is 3.78. The predicted molar refractivity (Wildman–Crippen MR) is 158 cm³/mol. The zero-order valence-electron chi connectivity index (χ0n) is 24.4. The highest BCUT2D eigenvalue weighted by atomic mass is 16.8. The normalized spacial score (nSPS) is 24.2. The first-order valence-electron chi connectivity index (χ1n) is 14.1. The Morgan fingerprint density at radius 3 is 1.60 bits per heavy atom. The lowest BCUT2D eigenvalue weighted by Crippen LogP contribution is -2.58. The summed E-state index contributed by atoms with van der Waals surface area (Å²) < 4.78 is 24.5. The molecule has 12 nitrogen and oxygen atoms in total. The van der Waals surface area contributed by atoms with Crippen LogP contribution in [0.2, 0.25) is 0 Å². The zero-order valence-corrected chi connectivity index (χ0v) is 24.4. The number of anilines is 2. The maximum atomic E-state index is 13.5. The number of hydrogen-bond donors (Lipinski definition) is 2. The van der Waals surface area contributed by atoms with Gasteiger partial charge >= 0.3 is 11.9 Å². The molecule has 0 spiro atoms. The molecule has 4 aliphatic rings. The Morgan fingerprint density at radius 2 is 1.21 bits per heavy atom. The van der Waals surface area contributed by atoms with E-state index in [4.69, 9.17) is 18.9 Å². The van der Waals surface area contributed by atoms with Crippen LogP contribution in [0.1, 0.15) is 24.0 Å². The van der Waals surface area contributed by atoms with Gasteiger partial charge in [0.05, 0.1) is 50.4 Å². The number of aryl methyl sites for hydroxylation is 2. The molecule has 4 aliphatic heterocycles. The molecule has 222 valence electrons. The number of esters is 2. The van der Waals surface area contributed by atoms with Gasteiger partial charge in [-0.05, 0) is 49.2 Å². The lowest BCUT2D eigenvalue weighted by molar-refractivity contribution is -0.219. The summed E-state index contributed by atoms with van der Waals surface area (Å²) in [6.07, 6.45) is 0.281. The van der Waals surface area contributed by atoms with Gasteiger partial charge in [0.2, 0.25) is 0 Å². The fraction of sp³-hybridized carbons (Fsp3) is 0.467. The summed E-state index contributed by atoms with van der Waals surface area (Å²) in [5.74, 6) is -3.01. The van der Waals surface area contributed by atoms with Crippen molar-refractivity contribution in [3.63, 3.8) is 0 Å². The second-order valence-electron chi connectivity index (χ2n) is 11.3. The molecule has 0 aromatic heterocycles. The molecular weight excluding hydrogens is 540 g/mol. The zero-order chi connectivity index (χ0) is 29.5. The van der Waals surface area contributed by atoms with Crippen molar-refractivity contribution >= 4 is 35.0 Å². The Bertz CT molecular complexity index is 1370. The van der Waals surface area contributed by atoms with Gasteiger partial charge in [-0.25, -0.2) is 9.59 Å². The lowest BCUT2D eigenvalue weighted by Gasteiger charge is -2.43. The van der Waals surface area contributed by atoms with E-state index >= 15 is 0 Å². The third kappa shape index (κ3) is 5.53. The molecule has 0 amide bonds. The lowest BCUT2D eigenvalue weighted by atomic mass is 10.1. The second-order valence-corrected chi connectivity index (χ2v) is 11.3. The Labute approximate surface area is 244 Å². The van der Waals surface area contributed by atoms with Crippen molar-refractivity contribution in [1.29, 1.82) is 0 Å². The number of rotatable bonds is 6. The number of likely N-dealkylation sites (N-methyl/N-ethyl adjacent to an activating group) is 2. The molecule has 4 heterocycles. The van der Waals surface area contributed by atoms with Crippen LogP contribution in [0.5, 0.6) is 11.5 Å². The predicted octanol–water partition coefficient (Wildman–Crippen LogP) is 1.92. The summed E-state index contributed by atoms with van der Waals surface area (Å²) in [4.78, 5) is 39.9. The smallest absolute Gasteiger partial charge is 0.420 e. The van der Waals surface area contributed by atoms with Crippen molar-refractivity contribution < 1.29 is 28.5 Å². The molecule has 6 rings (SSSR count). The summed E-state index contributed by atoms with van der Waals surface area (Å²) in [6.45, 7) is 6.94. The SMILES string of the molecule is Cc1ccc2c(c1)N(C)CC(CC1=NCCN1)(OC(=O)C(=O)OC1(CC3=NCCN3)CN(C)c3cc(C)ccc3O1)O2. The van der Waals surface area contributed by atoms with Gasteiger partial charge < -0.3 is 39.4 Å². The van der Waals surface area contributed by atoms with E-state index in [1.165, 1.54) is 0 Å². The molecule has 0 aliphatic carbocycles. The molecule has 12 heteroatoms. The average Bonchev–Trinajstić information content (AvgIpc) is 3.64. The van der Waals surface area contributed by atoms with E-state index in [-0.39, 0.29) is 25.9 Å². The van der Waals surface area contributed by atoms with E-state index in [1.54, 1.807) is 0 Å². The Kier molecular flexibility index (Phi) is 7.07. The van der Waals surface area contributed by atoms with E-state index in [0.717, 1.165) is 22.5 Å². The molecule has 2 aromatic carbocycles. The summed E-state index contributed by atoms with van der Waals surface area (Å²) >= 11 is 0. The number of amidine groups is 2. The Morgan fingerprint density at radius 1 is 0.786 bits per heavy atom. The molecule has 0 saturated heterocycles. The van der Waals surface area contributed by atoms with E-state index in [9.17, 15) is 9.59 Å². The van der Waals surface area contributed by atoms with Gasteiger partial charge in [0.15, 0.2) is 0 Å². The molecule has 2 aromatic rings. The van der Waals surface area contributed by atoms with Gasteiger partial charge in [-0.3, -0.25) is 9.98 Å². The first-order chi connectivity index (χ1) is 20.1. The van der Waals surface area contributed by atoms with Crippen molar-refractivity contribution in [3.05, 3.63) is 47.5 Å². The molecule has 0 saturated carbocycles. The van der Waals surface area contributed by atoms with Crippen LogP contribution in [0.25, 0.3) is 0 Å². The minimum Gasteiger partial charge on any atom is -0.448 e. The molecule has 0 fully saturated rings. The number of carbonyl (C=O) groups excluding carboxylic acids is 2. The van der Waals surface area contributed by atoms with E-state index in [0.29, 0.717) is 49.3 Å². The van der Waals surface area contributed by atoms with Gasteiger partial charge in [-0.1, -0.05) is 12.1 Å². The molecule has 2 unspecified atom stereocenters. The monoisotopic (exact) mass is 576 g/mol. The maximum absolute atomic E-state index is 13.5. The molecular formula is C30H36N6O6. The average molecular weight is 577 g/mol. The summed E-state index contributed by atoms with van der Waals surface area (Å²) in [6, 6.07) is 11.5. The quantitative estimate of drug-likeness (QED) is 0.389. The van der Waals surface area contributed by atoms with Crippen LogP contribution < -0.4 is 29.9 Å². The van der Waals surface area contributed by atoms with Crippen molar-refractivity contribution in [3.8, 4) is 11.5 Å². The van der Waals surface area contributed by atoms with Gasteiger partial charge in [-0.2, -0.15) is 0 Å². The number of nitrogens with one attached hydrogen (secondary N) is 2. The fourth-order valence-electron chi connectivity index (χ4n) is 5.81. The molecule has 2 atom stereocenters. The number of hydrogen-bond acceptors (Lipinski definition) is 12. The maximum Gasteiger partial charge on any atom is 0.420 e. The van der Waals surface area contributed by atoms with Crippen LogP contribution in [0.3, 0.4) is 0 Å². The highest BCUT2D eigenvalue weighted by molar-refractivity contribution is 6.30. The molecule has 0 bridgehead atoms. The largest absolute Gasteiger partial charge is 0.448 e. The van der Waals surface area contributed by atoms with Gasteiger partial charge in [-0.15, -0.1) is 0 Å². The highest BCUT2D eigenvalue weighted by Crippen LogP contribution is 2.41. The van der Waals surface area contributed by atoms with Crippen molar-refractivity contribution in [2.75, 3.05) is 63.2 Å². The topological polar surface area (TPSA) is 126 Å². The van der Waals surface area contributed by atoms with Crippen LogP contribution in [-0.2, 0) is 19.1 Å². The molecule has 42 heavy (non-hydrogen) atoms. The standard InChI is InChI=1S/C30H36N6O6/c1-19-5-7-23-21(13-19)35(3)17-29(39-23,15-25-31-9-10-32-25)41-27(37)28(38)42-30(16-26-33-11-12-34-26)18-36(4)22-14-20(2)6-8-24(22)40-30/h5-8,13-14H,9-12,15-18H2,1-4H3,(H,31,32)(H,33,34). The van der Waals surface area contributed by atoms with Crippen molar-refractivity contribution in [2.45, 2.75) is 38.3 Å². The minimum absolute atomic E-state index is 0.140. The van der Waals surface area contributed by atoms with E-state index in [2.05, 4.69) is 20.6 Å². The Balaban J connectivity index is 1.26. The van der Waals surface area contributed by atoms with E-state index in [1.807, 2.05) is 74.1 Å². The minimum atomic E-state index is -1.51.